The Balaban J connectivity index is 1.58. The Morgan fingerprint density at radius 2 is 2.09 bits per heavy atom. The highest BCUT2D eigenvalue weighted by molar-refractivity contribution is 5.95. The molecule has 1 saturated heterocycles. The minimum atomic E-state index is -0.297. The van der Waals surface area contributed by atoms with Crippen LogP contribution in [0.2, 0.25) is 0 Å². The quantitative estimate of drug-likeness (QED) is 0.846. The van der Waals surface area contributed by atoms with Gasteiger partial charge in [-0.25, -0.2) is 9.89 Å². The largest absolute Gasteiger partial charge is 0.340 e. The van der Waals surface area contributed by atoms with Gasteiger partial charge in [-0.05, 0) is 25.1 Å². The number of nitrogens with zero attached hydrogens (tertiary/aromatic N) is 3. The van der Waals surface area contributed by atoms with Crippen molar-refractivity contribution >= 4 is 11.6 Å². The van der Waals surface area contributed by atoms with E-state index in [9.17, 15) is 9.59 Å². The van der Waals surface area contributed by atoms with Crippen molar-refractivity contribution in [3.8, 4) is 0 Å². The van der Waals surface area contributed by atoms with Crippen LogP contribution in [0.15, 0.2) is 35.1 Å². The summed E-state index contributed by atoms with van der Waals surface area (Å²) in [6.45, 7) is 2.06. The second-order valence-corrected chi connectivity index (χ2v) is 5.73. The first kappa shape index (κ1) is 14.5. The van der Waals surface area contributed by atoms with Crippen LogP contribution in [0, 0.1) is 5.92 Å². The van der Waals surface area contributed by atoms with Crippen molar-refractivity contribution in [2.75, 3.05) is 25.0 Å². The highest BCUT2D eigenvalue weighted by Gasteiger charge is 2.31. The van der Waals surface area contributed by atoms with Crippen LogP contribution in [0.1, 0.15) is 12.2 Å². The molecule has 2 aromatic rings. The van der Waals surface area contributed by atoms with Crippen LogP contribution in [0.4, 0.5) is 5.69 Å². The van der Waals surface area contributed by atoms with Crippen LogP contribution >= 0.6 is 0 Å². The van der Waals surface area contributed by atoms with Gasteiger partial charge in [-0.2, -0.15) is 5.10 Å². The zero-order chi connectivity index (χ0) is 15.5. The van der Waals surface area contributed by atoms with E-state index < -0.39 is 0 Å². The molecule has 1 aromatic carbocycles. The molecule has 1 aliphatic rings. The van der Waals surface area contributed by atoms with Crippen molar-refractivity contribution in [3.05, 3.63) is 46.6 Å². The Hall–Kier alpha value is -2.41. The molecule has 1 amide bonds. The fourth-order valence-corrected chi connectivity index (χ4v) is 2.90. The number of aromatic nitrogens is 3. The van der Waals surface area contributed by atoms with Crippen molar-refractivity contribution in [1.82, 2.24) is 20.1 Å². The normalized spacial score (nSPS) is 18.4. The van der Waals surface area contributed by atoms with Crippen molar-refractivity contribution in [2.45, 2.75) is 13.0 Å². The topological polar surface area (TPSA) is 85.1 Å². The number of anilines is 1. The fourth-order valence-electron chi connectivity index (χ4n) is 2.90. The monoisotopic (exact) mass is 301 g/mol. The number of carbonyl (C=O) groups excluding carboxylic acids is 1. The third-order valence-corrected chi connectivity index (χ3v) is 3.81. The number of aromatic amines is 2. The van der Waals surface area contributed by atoms with Gasteiger partial charge in [0.15, 0.2) is 0 Å². The van der Waals surface area contributed by atoms with Gasteiger partial charge in [0.2, 0.25) is 5.91 Å². The van der Waals surface area contributed by atoms with Crippen molar-refractivity contribution < 1.29 is 4.79 Å². The van der Waals surface area contributed by atoms with E-state index in [0.29, 0.717) is 18.8 Å². The first-order chi connectivity index (χ1) is 10.6. The first-order valence-corrected chi connectivity index (χ1v) is 7.29. The van der Waals surface area contributed by atoms with Crippen LogP contribution in [-0.2, 0) is 11.3 Å². The zero-order valence-corrected chi connectivity index (χ0v) is 12.5. The maximum Gasteiger partial charge on any atom is 0.340 e. The summed E-state index contributed by atoms with van der Waals surface area (Å²) in [4.78, 5) is 29.7. The molecule has 0 bridgehead atoms. The SMILES string of the molecule is CN(Cc1n[nH]c(=O)[nH]1)C[C@H]1CC(=O)N(c2ccccc2)C1. The molecule has 116 valence electrons. The number of para-hydroxylation sites is 1. The number of hydrogen-bond acceptors (Lipinski definition) is 4. The van der Waals surface area contributed by atoms with Crippen LogP contribution in [0.25, 0.3) is 0 Å². The van der Waals surface area contributed by atoms with Crippen molar-refractivity contribution in [3.63, 3.8) is 0 Å². The van der Waals surface area contributed by atoms with Gasteiger partial charge < -0.3 is 4.90 Å². The number of benzene rings is 1. The van der Waals surface area contributed by atoms with Crippen LogP contribution in [0.3, 0.4) is 0 Å². The van der Waals surface area contributed by atoms with Crippen molar-refractivity contribution in [2.24, 2.45) is 5.92 Å². The summed E-state index contributed by atoms with van der Waals surface area (Å²) in [5.74, 6) is 1.05. The minimum Gasteiger partial charge on any atom is -0.312 e. The molecule has 2 heterocycles. The van der Waals surface area contributed by atoms with Gasteiger partial charge in [-0.15, -0.1) is 0 Å². The third-order valence-electron chi connectivity index (χ3n) is 3.81. The predicted octanol–water partition coefficient (Wildman–Crippen LogP) is 0.583. The molecule has 1 aromatic heterocycles. The van der Waals surface area contributed by atoms with E-state index in [2.05, 4.69) is 20.1 Å². The lowest BCUT2D eigenvalue weighted by Crippen LogP contribution is -2.29. The van der Waals surface area contributed by atoms with E-state index in [0.717, 1.165) is 18.8 Å². The van der Waals surface area contributed by atoms with Crippen molar-refractivity contribution in [1.29, 1.82) is 0 Å². The van der Waals surface area contributed by atoms with Gasteiger partial charge >= 0.3 is 5.69 Å². The summed E-state index contributed by atoms with van der Waals surface area (Å²) in [5.41, 5.74) is 0.656. The third kappa shape index (κ3) is 3.25. The second kappa shape index (κ2) is 6.15. The number of H-pyrrole nitrogens is 2. The Bertz CT molecular complexity index is 693. The number of carbonyl (C=O) groups is 1. The van der Waals surface area contributed by atoms with E-state index in [1.54, 1.807) is 0 Å². The molecule has 1 aliphatic heterocycles. The fraction of sp³-hybridized carbons (Fsp3) is 0.400. The maximum absolute atomic E-state index is 12.2. The molecule has 0 saturated carbocycles. The van der Waals surface area contributed by atoms with Crippen LogP contribution in [0.5, 0.6) is 0 Å². The molecule has 22 heavy (non-hydrogen) atoms. The Morgan fingerprint density at radius 3 is 2.77 bits per heavy atom. The lowest BCUT2D eigenvalue weighted by atomic mass is 10.1. The van der Waals surface area contributed by atoms with E-state index >= 15 is 0 Å². The molecule has 3 rings (SSSR count). The molecular weight excluding hydrogens is 282 g/mol. The molecule has 7 nitrogen and oxygen atoms in total. The summed E-state index contributed by atoms with van der Waals surface area (Å²) in [6.07, 6.45) is 0.552. The molecular formula is C15H19N5O2. The van der Waals surface area contributed by atoms with Gasteiger partial charge in [-0.3, -0.25) is 14.7 Å². The van der Waals surface area contributed by atoms with Crippen LogP contribution in [-0.4, -0.2) is 46.1 Å². The zero-order valence-electron chi connectivity index (χ0n) is 12.5. The van der Waals surface area contributed by atoms with Crippen LogP contribution < -0.4 is 10.6 Å². The highest BCUT2D eigenvalue weighted by Crippen LogP contribution is 2.25. The Kier molecular flexibility index (Phi) is 4.06. The molecule has 0 unspecified atom stereocenters. The Morgan fingerprint density at radius 1 is 1.32 bits per heavy atom. The first-order valence-electron chi connectivity index (χ1n) is 7.29. The lowest BCUT2D eigenvalue weighted by Gasteiger charge is -2.20. The van der Waals surface area contributed by atoms with E-state index in [1.807, 2.05) is 42.3 Å². The molecule has 0 radical (unpaired) electrons. The summed E-state index contributed by atoms with van der Waals surface area (Å²) in [5, 5.41) is 6.25. The molecule has 1 atom stereocenters. The van der Waals surface area contributed by atoms with Gasteiger partial charge in [0.05, 0.1) is 6.54 Å². The summed E-state index contributed by atoms with van der Waals surface area (Å²) in [7, 11) is 1.96. The maximum atomic E-state index is 12.2. The van der Waals surface area contributed by atoms with Gasteiger partial charge in [-0.1, -0.05) is 18.2 Å². The van der Waals surface area contributed by atoms with Gasteiger partial charge in [0.25, 0.3) is 0 Å². The van der Waals surface area contributed by atoms with Gasteiger partial charge in [0.1, 0.15) is 5.82 Å². The summed E-state index contributed by atoms with van der Waals surface area (Å²) in [6, 6.07) is 9.74. The number of amides is 1. The molecule has 2 N–H and O–H groups in total. The average Bonchev–Trinajstić information content (AvgIpc) is 3.05. The average molecular weight is 301 g/mol. The molecule has 0 spiro atoms. The molecule has 0 aliphatic carbocycles. The van der Waals surface area contributed by atoms with E-state index in [4.69, 9.17) is 0 Å². The van der Waals surface area contributed by atoms with E-state index in [-0.39, 0.29) is 17.5 Å². The minimum absolute atomic E-state index is 0.165. The molecule has 7 heteroatoms. The number of hydrogen-bond donors (Lipinski definition) is 2. The standard InChI is InChI=1S/C15H19N5O2/c1-19(10-13-16-15(22)18-17-13)8-11-7-14(21)20(9-11)12-5-3-2-4-6-12/h2-6,11H,7-10H2,1H3,(H2,16,17,18,22)/t11-/m1/s1. The second-order valence-electron chi connectivity index (χ2n) is 5.73. The van der Waals surface area contributed by atoms with E-state index in [1.165, 1.54) is 0 Å². The molecule has 1 fully saturated rings. The number of nitrogens with one attached hydrogen (secondary N) is 2. The Labute approximate surface area is 127 Å². The lowest BCUT2D eigenvalue weighted by molar-refractivity contribution is -0.117. The highest BCUT2D eigenvalue weighted by atomic mass is 16.2. The smallest absolute Gasteiger partial charge is 0.312 e. The summed E-state index contributed by atoms with van der Waals surface area (Å²) >= 11 is 0. The van der Waals surface area contributed by atoms with Gasteiger partial charge in [0, 0.05) is 25.2 Å². The summed E-state index contributed by atoms with van der Waals surface area (Å²) < 4.78 is 0. The predicted molar refractivity (Wildman–Crippen MR) is 82.4 cm³/mol. The number of rotatable bonds is 5.